The lowest BCUT2D eigenvalue weighted by Crippen LogP contribution is -2.32. The fourth-order valence-electron chi connectivity index (χ4n) is 3.66. The number of hydrogen-bond donors (Lipinski definition) is 3. The molecule has 0 bridgehead atoms. The Morgan fingerprint density at radius 2 is 1.62 bits per heavy atom. The molecule has 1 aliphatic carbocycles. The molecule has 3 rings (SSSR count). The third kappa shape index (κ3) is 2.75. The van der Waals surface area contributed by atoms with Crippen molar-refractivity contribution in [1.29, 1.82) is 0 Å². The lowest BCUT2D eigenvalue weighted by atomic mass is 9.66. The zero-order valence-electron chi connectivity index (χ0n) is 14.9. The number of allylic oxidation sites excluding steroid dienone is 3. The Kier molecular flexibility index (Phi) is 4.55. The summed E-state index contributed by atoms with van der Waals surface area (Å²) in [6, 6.07) is 9.99. The van der Waals surface area contributed by atoms with Crippen LogP contribution in [0, 0.1) is 5.92 Å². The van der Waals surface area contributed by atoms with Gasteiger partial charge in [0.15, 0.2) is 0 Å². The fourth-order valence-corrected chi connectivity index (χ4v) is 3.66. The second kappa shape index (κ2) is 6.67. The summed E-state index contributed by atoms with van der Waals surface area (Å²) in [7, 11) is 3.15. The van der Waals surface area contributed by atoms with Gasteiger partial charge in [0.2, 0.25) is 0 Å². The van der Waals surface area contributed by atoms with E-state index in [0.717, 1.165) is 5.56 Å². The zero-order chi connectivity index (χ0) is 18.9. The van der Waals surface area contributed by atoms with Crippen molar-refractivity contribution in [2.24, 2.45) is 5.92 Å². The number of aromatic hydroxyl groups is 2. The molecule has 3 N–H and O–H groups in total. The van der Waals surface area contributed by atoms with Gasteiger partial charge in [-0.3, -0.25) is 0 Å². The molecule has 2 atom stereocenters. The average Bonchev–Trinajstić information content (AvgIpc) is 3.07. The van der Waals surface area contributed by atoms with Gasteiger partial charge in [-0.2, -0.15) is 0 Å². The Balaban J connectivity index is 2.35. The molecule has 0 fully saturated rings. The minimum Gasteiger partial charge on any atom is -0.508 e. The van der Waals surface area contributed by atoms with Crippen LogP contribution in [0.3, 0.4) is 0 Å². The van der Waals surface area contributed by atoms with Gasteiger partial charge >= 0.3 is 0 Å². The molecule has 0 amide bonds. The molecule has 0 spiro atoms. The van der Waals surface area contributed by atoms with Crippen LogP contribution >= 0.6 is 0 Å². The van der Waals surface area contributed by atoms with Crippen molar-refractivity contribution < 1.29 is 24.8 Å². The average molecular weight is 354 g/mol. The summed E-state index contributed by atoms with van der Waals surface area (Å²) in [6.07, 6.45) is 5.22. The highest BCUT2D eigenvalue weighted by Crippen LogP contribution is 2.52. The molecule has 2 unspecified atom stereocenters. The molecular formula is C21H22O5. The van der Waals surface area contributed by atoms with Crippen LogP contribution in [-0.4, -0.2) is 29.5 Å². The van der Waals surface area contributed by atoms with E-state index < -0.39 is 5.41 Å². The summed E-state index contributed by atoms with van der Waals surface area (Å²) in [5.74, 6) is 1.03. The molecule has 0 aromatic heterocycles. The highest BCUT2D eigenvalue weighted by Gasteiger charge is 2.43. The molecule has 136 valence electrons. The largest absolute Gasteiger partial charge is 0.508 e. The van der Waals surface area contributed by atoms with Gasteiger partial charge < -0.3 is 24.8 Å². The van der Waals surface area contributed by atoms with E-state index in [1.54, 1.807) is 32.4 Å². The Morgan fingerprint density at radius 3 is 2.12 bits per heavy atom. The van der Waals surface area contributed by atoms with Gasteiger partial charge in [-0.05, 0) is 30.4 Å². The van der Waals surface area contributed by atoms with Crippen LogP contribution in [0.15, 0.2) is 60.4 Å². The number of benzene rings is 2. The SMILES string of the molecule is COc1cccc(OC)c1C(C)(c1ccc(O)cc1O)C1C=CC(O)=C1. The number of hydrogen-bond acceptors (Lipinski definition) is 5. The van der Waals surface area contributed by atoms with Crippen molar-refractivity contribution in [2.45, 2.75) is 12.3 Å². The minimum atomic E-state index is -0.823. The molecule has 2 aromatic carbocycles. The normalized spacial score (nSPS) is 18.3. The molecule has 5 nitrogen and oxygen atoms in total. The second-order valence-corrected chi connectivity index (χ2v) is 6.42. The second-order valence-electron chi connectivity index (χ2n) is 6.42. The molecular weight excluding hydrogens is 332 g/mol. The van der Waals surface area contributed by atoms with Gasteiger partial charge in [0.1, 0.15) is 28.8 Å². The predicted molar refractivity (Wildman–Crippen MR) is 99.1 cm³/mol. The van der Waals surface area contributed by atoms with Crippen molar-refractivity contribution >= 4 is 0 Å². The Bertz CT molecular complexity index is 862. The monoisotopic (exact) mass is 354 g/mol. The first kappa shape index (κ1) is 17.7. The van der Waals surface area contributed by atoms with Crippen molar-refractivity contribution in [2.75, 3.05) is 14.2 Å². The molecule has 5 heteroatoms. The van der Waals surface area contributed by atoms with Gasteiger partial charge in [-0.15, -0.1) is 0 Å². The molecule has 0 aliphatic heterocycles. The third-order valence-corrected chi connectivity index (χ3v) is 4.98. The summed E-state index contributed by atoms with van der Waals surface area (Å²) >= 11 is 0. The van der Waals surface area contributed by atoms with Gasteiger partial charge in [0.25, 0.3) is 0 Å². The van der Waals surface area contributed by atoms with E-state index in [4.69, 9.17) is 9.47 Å². The first-order chi connectivity index (χ1) is 12.4. The predicted octanol–water partition coefficient (Wildman–Crippen LogP) is 4.05. The molecule has 0 saturated carbocycles. The van der Waals surface area contributed by atoms with Gasteiger partial charge in [-0.1, -0.05) is 25.1 Å². The first-order valence-electron chi connectivity index (χ1n) is 8.24. The zero-order valence-corrected chi connectivity index (χ0v) is 14.9. The van der Waals surface area contributed by atoms with E-state index in [0.29, 0.717) is 17.1 Å². The van der Waals surface area contributed by atoms with Crippen LogP contribution in [0.2, 0.25) is 0 Å². The topological polar surface area (TPSA) is 79.2 Å². The quantitative estimate of drug-likeness (QED) is 0.755. The molecule has 0 radical (unpaired) electrons. The van der Waals surface area contributed by atoms with Gasteiger partial charge in [0, 0.05) is 28.5 Å². The van der Waals surface area contributed by atoms with Crippen molar-refractivity contribution in [3.8, 4) is 23.0 Å². The molecule has 1 aliphatic rings. The highest BCUT2D eigenvalue weighted by molar-refractivity contribution is 5.60. The van der Waals surface area contributed by atoms with Gasteiger partial charge in [-0.25, -0.2) is 0 Å². The van der Waals surface area contributed by atoms with Crippen molar-refractivity contribution in [3.63, 3.8) is 0 Å². The van der Waals surface area contributed by atoms with E-state index in [1.807, 2.05) is 31.2 Å². The molecule has 2 aromatic rings. The molecule has 26 heavy (non-hydrogen) atoms. The number of ether oxygens (including phenoxy) is 2. The summed E-state index contributed by atoms with van der Waals surface area (Å²) in [6.45, 7) is 1.95. The van der Waals surface area contributed by atoms with Crippen LogP contribution in [0.4, 0.5) is 0 Å². The highest BCUT2D eigenvalue weighted by atomic mass is 16.5. The maximum atomic E-state index is 10.6. The van der Waals surface area contributed by atoms with E-state index in [1.165, 1.54) is 12.1 Å². The molecule has 0 saturated heterocycles. The van der Waals surface area contributed by atoms with E-state index >= 15 is 0 Å². The number of aliphatic hydroxyl groups is 1. The standard InChI is InChI=1S/C21H22O5/c1-21(13-7-8-14(22)11-13,16-10-9-15(23)12-17(16)24)20-18(25-2)5-4-6-19(20)26-3/h4-13,22-24H,1-3H3. The third-order valence-electron chi connectivity index (χ3n) is 4.98. The van der Waals surface area contributed by atoms with E-state index in [-0.39, 0.29) is 23.2 Å². The smallest absolute Gasteiger partial charge is 0.126 e. The lowest BCUT2D eigenvalue weighted by Gasteiger charge is -2.37. The summed E-state index contributed by atoms with van der Waals surface area (Å²) in [5.41, 5.74) is 0.502. The summed E-state index contributed by atoms with van der Waals surface area (Å²) in [4.78, 5) is 0. The van der Waals surface area contributed by atoms with E-state index in [2.05, 4.69) is 0 Å². The lowest BCUT2D eigenvalue weighted by molar-refractivity contribution is 0.348. The first-order valence-corrected chi connectivity index (χ1v) is 8.24. The van der Waals surface area contributed by atoms with Gasteiger partial charge in [0.05, 0.1) is 14.2 Å². The maximum Gasteiger partial charge on any atom is 0.126 e. The van der Waals surface area contributed by atoms with Crippen LogP contribution in [-0.2, 0) is 5.41 Å². The number of phenolic OH excluding ortho intramolecular Hbond substituents is 2. The van der Waals surface area contributed by atoms with E-state index in [9.17, 15) is 15.3 Å². The number of methoxy groups -OCH3 is 2. The number of aliphatic hydroxyl groups excluding tert-OH is 1. The Labute approximate surface area is 152 Å². The van der Waals surface area contributed by atoms with Crippen LogP contribution in [0.1, 0.15) is 18.1 Å². The summed E-state index contributed by atoms with van der Waals surface area (Å²) in [5, 5.41) is 30.2. The van der Waals surface area contributed by atoms with Crippen LogP contribution < -0.4 is 9.47 Å². The van der Waals surface area contributed by atoms with Crippen LogP contribution in [0.5, 0.6) is 23.0 Å². The Hall–Kier alpha value is -3.08. The molecule has 0 heterocycles. The van der Waals surface area contributed by atoms with Crippen LogP contribution in [0.25, 0.3) is 0 Å². The minimum absolute atomic E-state index is 0.0269. The summed E-state index contributed by atoms with van der Waals surface area (Å²) < 4.78 is 11.2. The maximum absolute atomic E-state index is 10.6. The van der Waals surface area contributed by atoms with Crippen molar-refractivity contribution in [1.82, 2.24) is 0 Å². The van der Waals surface area contributed by atoms with Crippen molar-refractivity contribution in [3.05, 3.63) is 71.5 Å². The fraction of sp³-hybridized carbons (Fsp3) is 0.238. The Morgan fingerprint density at radius 1 is 0.962 bits per heavy atom. The number of phenols is 2. The number of rotatable bonds is 5.